The molecule has 0 saturated carbocycles. The minimum Gasteiger partial charge on any atom is -0.491 e. The fourth-order valence-corrected chi connectivity index (χ4v) is 2.80. The number of hydrogen-bond donors (Lipinski definition) is 1. The molecular formula is C19H21N3O2. The highest BCUT2D eigenvalue weighted by Gasteiger charge is 2.15. The van der Waals surface area contributed by atoms with E-state index in [4.69, 9.17) is 4.74 Å². The van der Waals surface area contributed by atoms with Crippen LogP contribution in [-0.4, -0.2) is 22.6 Å². The Morgan fingerprint density at radius 3 is 2.75 bits per heavy atom. The van der Waals surface area contributed by atoms with Gasteiger partial charge in [0.25, 0.3) is 0 Å². The molecule has 3 aromatic rings. The zero-order chi connectivity index (χ0) is 16.9. The van der Waals surface area contributed by atoms with Crippen molar-refractivity contribution in [1.29, 1.82) is 0 Å². The highest BCUT2D eigenvalue weighted by Crippen LogP contribution is 2.21. The van der Waals surface area contributed by atoms with Gasteiger partial charge in [-0.25, -0.2) is 4.98 Å². The minimum absolute atomic E-state index is 0.159. The van der Waals surface area contributed by atoms with Crippen molar-refractivity contribution in [3.8, 4) is 5.75 Å². The second kappa shape index (κ2) is 7.17. The molecule has 1 N–H and O–H groups in total. The molecule has 3 rings (SSSR count). The predicted molar refractivity (Wildman–Crippen MR) is 94.0 cm³/mol. The second-order valence-corrected chi connectivity index (χ2v) is 5.73. The van der Waals surface area contributed by atoms with Gasteiger partial charge in [0.05, 0.1) is 23.6 Å². The Bertz CT molecular complexity index is 841. The summed E-state index contributed by atoms with van der Waals surface area (Å²) in [5.41, 5.74) is 3.08. The Morgan fingerprint density at radius 2 is 1.96 bits per heavy atom. The minimum atomic E-state index is -0.159. The first-order chi connectivity index (χ1) is 11.7. The van der Waals surface area contributed by atoms with Crippen LogP contribution >= 0.6 is 0 Å². The largest absolute Gasteiger partial charge is 0.491 e. The fourth-order valence-electron chi connectivity index (χ4n) is 2.80. The Kier molecular flexibility index (Phi) is 4.79. The third kappa shape index (κ3) is 3.25. The highest BCUT2D eigenvalue weighted by molar-refractivity contribution is 5.76. The van der Waals surface area contributed by atoms with E-state index < -0.39 is 0 Å². The van der Waals surface area contributed by atoms with Gasteiger partial charge in [-0.3, -0.25) is 4.79 Å². The van der Waals surface area contributed by atoms with Gasteiger partial charge < -0.3 is 14.6 Å². The van der Waals surface area contributed by atoms with Crippen molar-refractivity contribution in [1.82, 2.24) is 14.9 Å². The van der Waals surface area contributed by atoms with E-state index in [0.717, 1.165) is 28.2 Å². The molecule has 0 unspecified atom stereocenters. The normalized spacial score (nSPS) is 12.1. The van der Waals surface area contributed by atoms with E-state index >= 15 is 0 Å². The first kappa shape index (κ1) is 16.1. The summed E-state index contributed by atoms with van der Waals surface area (Å²) in [7, 11) is 0. The van der Waals surface area contributed by atoms with E-state index in [9.17, 15) is 4.79 Å². The van der Waals surface area contributed by atoms with Crippen LogP contribution in [-0.2, 0) is 11.3 Å². The van der Waals surface area contributed by atoms with Crippen LogP contribution in [0.5, 0.6) is 5.75 Å². The molecule has 0 fully saturated rings. The van der Waals surface area contributed by atoms with E-state index in [2.05, 4.69) is 14.9 Å². The Balaban J connectivity index is 1.83. The van der Waals surface area contributed by atoms with E-state index in [1.165, 1.54) is 0 Å². The summed E-state index contributed by atoms with van der Waals surface area (Å²) in [6.45, 7) is 5.15. The molecule has 0 radical (unpaired) electrons. The summed E-state index contributed by atoms with van der Waals surface area (Å²) in [6, 6.07) is 15.8. The van der Waals surface area contributed by atoms with Crippen molar-refractivity contribution >= 4 is 17.4 Å². The number of hydrogen-bond acceptors (Lipinski definition) is 3. The van der Waals surface area contributed by atoms with E-state index in [-0.39, 0.29) is 6.04 Å². The third-order valence-electron chi connectivity index (χ3n) is 4.06. The number of nitrogens with one attached hydrogen (secondary N) is 1. The van der Waals surface area contributed by atoms with E-state index in [1.807, 2.05) is 62.4 Å². The average molecular weight is 323 g/mol. The standard InChI is InChI=1S/C19H21N3O2/c1-14-7-3-6-10-18(14)24-12-11-22-17-9-5-4-8-16(17)21-19(22)15(2)20-13-23/h3-10,13,15H,11-12H2,1-2H3,(H,20,23)/t15-/m0/s1. The van der Waals surface area contributed by atoms with Crippen LogP contribution < -0.4 is 10.1 Å². The van der Waals surface area contributed by atoms with Crippen LogP contribution in [0, 0.1) is 6.92 Å². The van der Waals surface area contributed by atoms with E-state index in [0.29, 0.717) is 19.6 Å². The lowest BCUT2D eigenvalue weighted by Crippen LogP contribution is -2.22. The number of rotatable bonds is 7. The molecule has 0 aliphatic rings. The van der Waals surface area contributed by atoms with Gasteiger partial charge in [0.1, 0.15) is 18.2 Å². The molecule has 0 aliphatic carbocycles. The molecule has 24 heavy (non-hydrogen) atoms. The van der Waals surface area contributed by atoms with Crippen molar-refractivity contribution in [2.75, 3.05) is 6.61 Å². The molecule has 1 atom stereocenters. The first-order valence-corrected chi connectivity index (χ1v) is 8.04. The van der Waals surface area contributed by atoms with Crippen molar-refractivity contribution in [3.05, 3.63) is 59.9 Å². The number of nitrogens with zero attached hydrogens (tertiary/aromatic N) is 2. The molecule has 0 spiro atoms. The maximum Gasteiger partial charge on any atom is 0.207 e. The van der Waals surface area contributed by atoms with Crippen LogP contribution in [0.25, 0.3) is 11.0 Å². The molecular weight excluding hydrogens is 302 g/mol. The summed E-state index contributed by atoms with van der Waals surface area (Å²) >= 11 is 0. The second-order valence-electron chi connectivity index (χ2n) is 5.73. The van der Waals surface area contributed by atoms with Crippen molar-refractivity contribution in [2.45, 2.75) is 26.4 Å². The van der Waals surface area contributed by atoms with Crippen LogP contribution in [0.2, 0.25) is 0 Å². The number of para-hydroxylation sites is 3. The maximum atomic E-state index is 10.8. The predicted octanol–water partition coefficient (Wildman–Crippen LogP) is 3.23. The lowest BCUT2D eigenvalue weighted by atomic mass is 10.2. The van der Waals surface area contributed by atoms with Gasteiger partial charge in [-0.05, 0) is 37.6 Å². The number of carbonyl (C=O) groups is 1. The molecule has 0 aliphatic heterocycles. The number of imidazole rings is 1. The number of benzene rings is 2. The topological polar surface area (TPSA) is 56.1 Å². The Hall–Kier alpha value is -2.82. The smallest absolute Gasteiger partial charge is 0.207 e. The first-order valence-electron chi connectivity index (χ1n) is 8.04. The molecule has 2 aromatic carbocycles. The zero-order valence-electron chi connectivity index (χ0n) is 13.9. The molecule has 124 valence electrons. The van der Waals surface area contributed by atoms with E-state index in [1.54, 1.807) is 0 Å². The van der Waals surface area contributed by atoms with Gasteiger partial charge in [0.15, 0.2) is 0 Å². The van der Waals surface area contributed by atoms with Crippen LogP contribution in [0.1, 0.15) is 24.4 Å². The van der Waals surface area contributed by atoms with Crippen molar-refractivity contribution in [2.24, 2.45) is 0 Å². The molecule has 0 saturated heterocycles. The summed E-state index contributed by atoms with van der Waals surface area (Å²) in [4.78, 5) is 15.4. The van der Waals surface area contributed by atoms with Gasteiger partial charge >= 0.3 is 0 Å². The zero-order valence-corrected chi connectivity index (χ0v) is 13.9. The SMILES string of the molecule is Cc1ccccc1OCCn1c([C@H](C)NC=O)nc2ccccc21. The highest BCUT2D eigenvalue weighted by atomic mass is 16.5. The monoisotopic (exact) mass is 323 g/mol. The molecule has 0 bridgehead atoms. The number of aryl methyl sites for hydroxylation is 1. The van der Waals surface area contributed by atoms with Crippen LogP contribution in [0.3, 0.4) is 0 Å². The number of aromatic nitrogens is 2. The average Bonchev–Trinajstić information content (AvgIpc) is 2.96. The van der Waals surface area contributed by atoms with Gasteiger partial charge in [0, 0.05) is 0 Å². The number of fused-ring (bicyclic) bond motifs is 1. The van der Waals surface area contributed by atoms with Gasteiger partial charge in [-0.15, -0.1) is 0 Å². The van der Waals surface area contributed by atoms with Crippen LogP contribution in [0.15, 0.2) is 48.5 Å². The summed E-state index contributed by atoms with van der Waals surface area (Å²) < 4.78 is 8.02. The summed E-state index contributed by atoms with van der Waals surface area (Å²) in [5.74, 6) is 1.72. The number of amides is 1. The molecule has 5 nitrogen and oxygen atoms in total. The Morgan fingerprint density at radius 1 is 1.21 bits per heavy atom. The van der Waals surface area contributed by atoms with Gasteiger partial charge in [-0.2, -0.15) is 0 Å². The number of carbonyl (C=O) groups excluding carboxylic acids is 1. The molecule has 5 heteroatoms. The molecule has 1 aromatic heterocycles. The van der Waals surface area contributed by atoms with Crippen molar-refractivity contribution < 1.29 is 9.53 Å². The fraction of sp³-hybridized carbons (Fsp3) is 0.263. The summed E-state index contributed by atoms with van der Waals surface area (Å²) in [5, 5.41) is 2.78. The molecule has 1 heterocycles. The van der Waals surface area contributed by atoms with Gasteiger partial charge in [0.2, 0.25) is 6.41 Å². The lowest BCUT2D eigenvalue weighted by molar-refractivity contribution is -0.110. The number of ether oxygens (including phenoxy) is 1. The quantitative estimate of drug-likeness (QED) is 0.679. The molecule has 1 amide bonds. The van der Waals surface area contributed by atoms with Crippen molar-refractivity contribution in [3.63, 3.8) is 0 Å². The Labute approximate surface area is 141 Å². The third-order valence-corrected chi connectivity index (χ3v) is 4.06. The lowest BCUT2D eigenvalue weighted by Gasteiger charge is -2.15. The van der Waals surface area contributed by atoms with Crippen LogP contribution in [0.4, 0.5) is 0 Å². The summed E-state index contributed by atoms with van der Waals surface area (Å²) in [6.07, 6.45) is 0.707. The maximum absolute atomic E-state index is 10.8. The van der Waals surface area contributed by atoms with Gasteiger partial charge in [-0.1, -0.05) is 30.3 Å².